The smallest absolute Gasteiger partial charge is 0.332 e. The lowest BCUT2D eigenvalue weighted by atomic mass is 10.4. The molecule has 0 rings (SSSR count). The maximum Gasteiger partial charge on any atom is 0.332 e. The Hall–Kier alpha value is -1.18. The molecule has 0 saturated heterocycles. The second-order valence-electron chi connectivity index (χ2n) is 2.56. The Bertz CT molecular complexity index is 160. The summed E-state index contributed by atoms with van der Waals surface area (Å²) in [4.78, 5) is 18.4. The summed E-state index contributed by atoms with van der Waals surface area (Å²) in [6.07, 6.45) is -1.79. The summed E-state index contributed by atoms with van der Waals surface area (Å²) in [6.45, 7) is 3.67. The van der Waals surface area contributed by atoms with E-state index in [2.05, 4.69) is 0 Å². The van der Waals surface area contributed by atoms with Crippen molar-refractivity contribution in [2.45, 2.75) is 33.0 Å². The summed E-state index contributed by atoms with van der Waals surface area (Å²) in [5, 5.41) is 39.2. The first-order chi connectivity index (χ1) is 6.64. The van der Waals surface area contributed by atoms with E-state index in [1.165, 1.54) is 13.8 Å². The monoisotopic (exact) mass is 226 g/mol. The van der Waals surface area contributed by atoms with Crippen LogP contribution in [0.3, 0.4) is 0 Å². The van der Waals surface area contributed by atoms with Crippen LogP contribution in [0.15, 0.2) is 0 Å². The van der Waals surface area contributed by atoms with Gasteiger partial charge < -0.3 is 25.5 Å². The molecule has 0 heterocycles. The molecule has 0 spiro atoms. The first-order valence-electron chi connectivity index (χ1n) is 4.04. The van der Waals surface area contributed by atoms with Crippen molar-refractivity contribution in [3.05, 3.63) is 0 Å². The first-order valence-corrected chi connectivity index (χ1v) is 4.04. The molecule has 5 N–H and O–H groups in total. The van der Waals surface area contributed by atoms with Crippen molar-refractivity contribution in [3.8, 4) is 0 Å². The van der Waals surface area contributed by atoms with E-state index in [0.29, 0.717) is 0 Å². The molecule has 0 aliphatic carbocycles. The summed E-state index contributed by atoms with van der Waals surface area (Å²) in [5.74, 6) is -2.02. The van der Waals surface area contributed by atoms with Crippen molar-refractivity contribution in [1.82, 2.24) is 0 Å². The molecule has 0 aliphatic rings. The van der Waals surface area contributed by atoms with Crippen LogP contribution in [0.1, 0.15) is 20.8 Å². The Morgan fingerprint density at radius 1 is 1.13 bits per heavy atom. The van der Waals surface area contributed by atoms with Gasteiger partial charge in [0.2, 0.25) is 0 Å². The molecule has 92 valence electrons. The zero-order valence-corrected chi connectivity index (χ0v) is 8.91. The maximum absolute atomic E-state index is 9.45. The molecule has 0 fully saturated rings. The third kappa shape index (κ3) is 64.6. The van der Waals surface area contributed by atoms with Crippen LogP contribution in [0, 0.1) is 0 Å². The van der Waals surface area contributed by atoms with Crippen molar-refractivity contribution in [2.24, 2.45) is 0 Å². The molecule has 2 unspecified atom stereocenters. The second kappa shape index (κ2) is 12.8. The molecule has 0 bridgehead atoms. The SMILES string of the molecule is CC(=O)O.CC(O)C(=O)O.CC(O)CO. The number of rotatable bonds is 2. The number of hydrogen-bond acceptors (Lipinski definition) is 5. The fourth-order valence-electron chi connectivity index (χ4n) is 0. The number of carboxylic acid groups (broad SMARTS) is 2. The highest BCUT2D eigenvalue weighted by atomic mass is 16.4. The van der Waals surface area contributed by atoms with Gasteiger partial charge in [-0.25, -0.2) is 4.79 Å². The molecule has 2 atom stereocenters. The summed E-state index contributed by atoms with van der Waals surface area (Å²) in [5.41, 5.74) is 0. The van der Waals surface area contributed by atoms with E-state index in [1.54, 1.807) is 0 Å². The van der Waals surface area contributed by atoms with E-state index >= 15 is 0 Å². The number of aliphatic carboxylic acids is 2. The topological polar surface area (TPSA) is 135 Å². The quantitative estimate of drug-likeness (QED) is 0.403. The van der Waals surface area contributed by atoms with Crippen molar-refractivity contribution in [2.75, 3.05) is 6.61 Å². The van der Waals surface area contributed by atoms with Gasteiger partial charge in [-0.2, -0.15) is 0 Å². The lowest BCUT2D eigenvalue weighted by Crippen LogP contribution is -2.13. The summed E-state index contributed by atoms with van der Waals surface area (Å²) in [6, 6.07) is 0. The summed E-state index contributed by atoms with van der Waals surface area (Å²) in [7, 11) is 0. The number of aliphatic hydroxyl groups excluding tert-OH is 3. The molecule has 15 heavy (non-hydrogen) atoms. The van der Waals surface area contributed by atoms with Gasteiger partial charge in [0.05, 0.1) is 12.7 Å². The lowest BCUT2D eigenvalue weighted by molar-refractivity contribution is -0.145. The van der Waals surface area contributed by atoms with Crippen LogP contribution in [0.5, 0.6) is 0 Å². The average Bonchev–Trinajstić information content (AvgIpc) is 2.04. The van der Waals surface area contributed by atoms with Crippen LogP contribution in [-0.4, -0.2) is 56.3 Å². The molecule has 0 saturated carbocycles. The highest BCUT2D eigenvalue weighted by molar-refractivity contribution is 5.71. The maximum atomic E-state index is 9.45. The number of carboxylic acids is 2. The van der Waals surface area contributed by atoms with Gasteiger partial charge in [0, 0.05) is 6.92 Å². The van der Waals surface area contributed by atoms with E-state index in [-0.39, 0.29) is 6.61 Å². The molecular formula is C8H18O7. The largest absolute Gasteiger partial charge is 0.481 e. The fraction of sp³-hybridized carbons (Fsp3) is 0.750. The Morgan fingerprint density at radius 2 is 1.27 bits per heavy atom. The molecular weight excluding hydrogens is 208 g/mol. The van der Waals surface area contributed by atoms with Crippen LogP contribution in [0.25, 0.3) is 0 Å². The zero-order valence-electron chi connectivity index (χ0n) is 8.91. The van der Waals surface area contributed by atoms with E-state index < -0.39 is 24.1 Å². The summed E-state index contributed by atoms with van der Waals surface area (Å²) < 4.78 is 0. The van der Waals surface area contributed by atoms with Gasteiger partial charge in [0.25, 0.3) is 5.97 Å². The lowest BCUT2D eigenvalue weighted by Gasteiger charge is -1.90. The van der Waals surface area contributed by atoms with Crippen LogP contribution in [0.4, 0.5) is 0 Å². The van der Waals surface area contributed by atoms with E-state index in [9.17, 15) is 4.79 Å². The average molecular weight is 226 g/mol. The highest BCUT2D eigenvalue weighted by Gasteiger charge is 2.01. The van der Waals surface area contributed by atoms with Gasteiger partial charge in [-0.3, -0.25) is 4.79 Å². The van der Waals surface area contributed by atoms with Gasteiger partial charge >= 0.3 is 5.97 Å². The zero-order chi connectivity index (χ0) is 13.0. The van der Waals surface area contributed by atoms with Crippen molar-refractivity contribution >= 4 is 11.9 Å². The normalized spacial score (nSPS) is 12.1. The van der Waals surface area contributed by atoms with E-state index in [1.807, 2.05) is 0 Å². The minimum Gasteiger partial charge on any atom is -0.481 e. The predicted molar refractivity (Wildman–Crippen MR) is 51.4 cm³/mol. The molecule has 0 aromatic carbocycles. The van der Waals surface area contributed by atoms with Gasteiger partial charge in [-0.15, -0.1) is 0 Å². The Labute approximate surface area is 87.6 Å². The molecule has 0 amide bonds. The third-order valence-corrected chi connectivity index (χ3v) is 0.622. The Kier molecular flexibility index (Phi) is 16.6. The van der Waals surface area contributed by atoms with Crippen LogP contribution >= 0.6 is 0 Å². The molecule has 0 radical (unpaired) electrons. The van der Waals surface area contributed by atoms with E-state index in [0.717, 1.165) is 6.92 Å². The number of carbonyl (C=O) groups is 2. The Morgan fingerprint density at radius 3 is 1.27 bits per heavy atom. The minimum atomic E-state index is -1.23. The molecule has 0 aliphatic heterocycles. The standard InChI is InChI=1S/C3H6O3.C3H8O2.C2H4O2/c1-2(4)3(5)6;1-3(5)2-4;1-2(3)4/h2,4H,1H3,(H,5,6);3-5H,2H2,1H3;1H3,(H,3,4). The number of hydrogen-bond donors (Lipinski definition) is 5. The van der Waals surface area contributed by atoms with Gasteiger partial charge in [0.15, 0.2) is 0 Å². The van der Waals surface area contributed by atoms with E-state index in [4.69, 9.17) is 30.3 Å². The van der Waals surface area contributed by atoms with Crippen molar-refractivity contribution < 1.29 is 35.1 Å². The van der Waals surface area contributed by atoms with Crippen LogP contribution in [-0.2, 0) is 9.59 Å². The van der Waals surface area contributed by atoms with Gasteiger partial charge in [-0.05, 0) is 13.8 Å². The number of aliphatic hydroxyl groups is 3. The van der Waals surface area contributed by atoms with Crippen molar-refractivity contribution in [3.63, 3.8) is 0 Å². The molecule has 0 aromatic heterocycles. The highest BCUT2D eigenvalue weighted by Crippen LogP contribution is 1.73. The third-order valence-electron chi connectivity index (χ3n) is 0.622. The molecule has 0 aromatic rings. The second-order valence-corrected chi connectivity index (χ2v) is 2.56. The minimum absolute atomic E-state index is 0.139. The fourth-order valence-corrected chi connectivity index (χ4v) is 0. The van der Waals surface area contributed by atoms with Gasteiger partial charge in [0.1, 0.15) is 6.10 Å². The van der Waals surface area contributed by atoms with Crippen LogP contribution in [0.2, 0.25) is 0 Å². The Balaban J connectivity index is -0.000000147. The van der Waals surface area contributed by atoms with Gasteiger partial charge in [-0.1, -0.05) is 0 Å². The van der Waals surface area contributed by atoms with Crippen molar-refractivity contribution in [1.29, 1.82) is 0 Å². The molecule has 7 nitrogen and oxygen atoms in total. The first kappa shape index (κ1) is 19.4. The molecule has 7 heteroatoms. The summed E-state index contributed by atoms with van der Waals surface area (Å²) >= 11 is 0. The van der Waals surface area contributed by atoms with Crippen LogP contribution < -0.4 is 0 Å². The predicted octanol–water partition coefficient (Wildman–Crippen LogP) is -1.10.